The highest BCUT2D eigenvalue weighted by Crippen LogP contribution is 2.27. The minimum Gasteiger partial charge on any atom is -0.412 e. The molecule has 4 aromatic rings. The van der Waals surface area contributed by atoms with Crippen LogP contribution in [0.2, 0.25) is 0 Å². The van der Waals surface area contributed by atoms with Crippen molar-refractivity contribution in [1.82, 2.24) is 20.4 Å². The van der Waals surface area contributed by atoms with Crippen molar-refractivity contribution in [3.05, 3.63) is 68.8 Å². The molecule has 2 heterocycles. The number of hydrogen-bond donors (Lipinski definition) is 0. The van der Waals surface area contributed by atoms with Gasteiger partial charge in [0.15, 0.2) is 0 Å². The lowest BCUT2D eigenvalue weighted by Gasteiger charge is -1.94. The maximum atomic E-state index is 10.7. The van der Waals surface area contributed by atoms with Gasteiger partial charge in [-0.15, -0.1) is 20.4 Å². The van der Waals surface area contributed by atoms with Gasteiger partial charge in [-0.25, -0.2) is 0 Å². The quantitative estimate of drug-likeness (QED) is 0.370. The second-order valence-electron chi connectivity index (χ2n) is 5.43. The van der Waals surface area contributed by atoms with Crippen LogP contribution in [0.5, 0.6) is 0 Å². The second-order valence-corrected chi connectivity index (χ2v) is 5.43. The van der Waals surface area contributed by atoms with Crippen molar-refractivity contribution in [3.8, 4) is 34.7 Å². The molecule has 0 saturated heterocycles. The Morgan fingerprint density at radius 1 is 0.571 bits per heavy atom. The summed E-state index contributed by atoms with van der Waals surface area (Å²) in [6, 6.07) is 11.2. The molecule has 0 fully saturated rings. The van der Waals surface area contributed by atoms with E-state index in [1.54, 1.807) is 0 Å². The lowest BCUT2D eigenvalue weighted by atomic mass is 10.2. The van der Waals surface area contributed by atoms with Crippen LogP contribution in [-0.4, -0.2) is 30.2 Å². The van der Waals surface area contributed by atoms with Crippen LogP contribution >= 0.6 is 0 Å². The summed E-state index contributed by atoms with van der Waals surface area (Å²) in [6.07, 6.45) is 0. The molecule has 0 amide bonds. The number of non-ortho nitro benzene ring substituents is 2. The molecule has 0 aliphatic carbocycles. The van der Waals surface area contributed by atoms with Crippen LogP contribution in [0, 0.1) is 20.2 Å². The predicted molar refractivity (Wildman–Crippen MR) is 91.8 cm³/mol. The fraction of sp³-hybridized carbons (Fsp3) is 0. The van der Waals surface area contributed by atoms with Crippen LogP contribution in [0.15, 0.2) is 57.4 Å². The monoisotopic (exact) mass is 380 g/mol. The van der Waals surface area contributed by atoms with Gasteiger partial charge in [0.25, 0.3) is 11.4 Å². The predicted octanol–water partition coefficient (Wildman–Crippen LogP) is 3.27. The summed E-state index contributed by atoms with van der Waals surface area (Å²) in [5.41, 5.74) is 0.847. The molecule has 0 saturated carbocycles. The van der Waals surface area contributed by atoms with Gasteiger partial charge in [-0.1, -0.05) is 0 Å². The number of rotatable bonds is 5. The lowest BCUT2D eigenvalue weighted by Crippen LogP contribution is -1.87. The van der Waals surface area contributed by atoms with Crippen molar-refractivity contribution in [3.63, 3.8) is 0 Å². The molecular formula is C16H8N6O6. The first kappa shape index (κ1) is 17.0. The van der Waals surface area contributed by atoms with E-state index in [1.807, 2.05) is 0 Å². The lowest BCUT2D eigenvalue weighted by molar-refractivity contribution is -0.385. The van der Waals surface area contributed by atoms with Crippen LogP contribution in [0.25, 0.3) is 34.7 Å². The van der Waals surface area contributed by atoms with Crippen molar-refractivity contribution >= 4 is 11.4 Å². The summed E-state index contributed by atoms with van der Waals surface area (Å²) in [7, 11) is 0. The Hall–Kier alpha value is -4.48. The molecule has 0 aliphatic rings. The smallest absolute Gasteiger partial charge is 0.306 e. The van der Waals surface area contributed by atoms with Gasteiger partial charge in [-0.3, -0.25) is 20.2 Å². The van der Waals surface area contributed by atoms with E-state index in [9.17, 15) is 20.2 Å². The van der Waals surface area contributed by atoms with Gasteiger partial charge in [0.1, 0.15) is 0 Å². The Morgan fingerprint density at radius 2 is 0.893 bits per heavy atom. The molecule has 12 nitrogen and oxygen atoms in total. The topological polar surface area (TPSA) is 164 Å². The summed E-state index contributed by atoms with van der Waals surface area (Å²) in [5.74, 6) is 0.183. The molecular weight excluding hydrogens is 372 g/mol. The van der Waals surface area contributed by atoms with Crippen LogP contribution in [0.3, 0.4) is 0 Å². The molecule has 0 N–H and O–H groups in total. The van der Waals surface area contributed by atoms with Gasteiger partial charge in [0, 0.05) is 35.4 Å². The van der Waals surface area contributed by atoms with Crippen LogP contribution in [-0.2, 0) is 0 Å². The molecule has 0 atom stereocenters. The van der Waals surface area contributed by atoms with Gasteiger partial charge < -0.3 is 8.83 Å². The number of hydrogen-bond acceptors (Lipinski definition) is 10. The minimum atomic E-state index is -0.513. The van der Waals surface area contributed by atoms with E-state index >= 15 is 0 Å². The van der Waals surface area contributed by atoms with Crippen LogP contribution in [0.4, 0.5) is 11.4 Å². The SMILES string of the molecule is O=[N+]([O-])c1ccc(-c2nnc(-c3nnc(-c4ccc([N+](=O)[O-])cc4)o3)o2)cc1. The average Bonchev–Trinajstić information content (AvgIpc) is 3.38. The first-order valence-electron chi connectivity index (χ1n) is 7.68. The Kier molecular flexibility index (Phi) is 4.04. The summed E-state index contributed by atoms with van der Waals surface area (Å²) in [6.45, 7) is 0. The van der Waals surface area contributed by atoms with E-state index in [-0.39, 0.29) is 34.9 Å². The zero-order chi connectivity index (χ0) is 19.7. The Balaban J connectivity index is 1.57. The second kappa shape index (κ2) is 6.68. The van der Waals surface area contributed by atoms with E-state index in [0.717, 1.165) is 0 Å². The highest BCUT2D eigenvalue weighted by molar-refractivity contribution is 5.58. The van der Waals surface area contributed by atoms with Gasteiger partial charge in [-0.05, 0) is 24.3 Å². The van der Waals surface area contributed by atoms with Crippen LogP contribution in [0.1, 0.15) is 0 Å². The number of nitrogens with zero attached hydrogens (tertiary/aromatic N) is 6. The molecule has 138 valence electrons. The Bertz CT molecular complexity index is 1070. The largest absolute Gasteiger partial charge is 0.412 e. The molecule has 0 aliphatic heterocycles. The third-order valence-electron chi connectivity index (χ3n) is 3.68. The number of nitro benzene ring substituents is 2. The molecule has 2 aromatic heterocycles. The Morgan fingerprint density at radius 3 is 1.21 bits per heavy atom. The number of benzene rings is 2. The first-order valence-corrected chi connectivity index (χ1v) is 7.68. The molecule has 2 aromatic carbocycles. The van der Waals surface area contributed by atoms with E-state index in [2.05, 4.69) is 20.4 Å². The fourth-order valence-electron chi connectivity index (χ4n) is 2.30. The van der Waals surface area contributed by atoms with E-state index in [4.69, 9.17) is 8.83 Å². The molecule has 0 unspecified atom stereocenters. The summed E-state index contributed by atoms with van der Waals surface area (Å²) < 4.78 is 11.0. The number of aromatic nitrogens is 4. The maximum Gasteiger partial charge on any atom is 0.306 e. The van der Waals surface area contributed by atoms with E-state index < -0.39 is 9.85 Å². The standard InChI is InChI=1S/C16H8N6O6/c23-21(24)11-5-1-9(2-6-11)13-17-19-15(27-13)16-20-18-14(28-16)10-3-7-12(8-4-10)22(25)26/h1-8H. The molecule has 28 heavy (non-hydrogen) atoms. The van der Waals surface area contributed by atoms with Crippen LogP contribution < -0.4 is 0 Å². The van der Waals surface area contributed by atoms with E-state index in [0.29, 0.717) is 11.1 Å². The summed E-state index contributed by atoms with van der Waals surface area (Å²) >= 11 is 0. The molecule has 0 bridgehead atoms. The minimum absolute atomic E-state index is 0.0333. The maximum absolute atomic E-state index is 10.7. The van der Waals surface area contributed by atoms with Gasteiger partial charge in [0.05, 0.1) is 9.85 Å². The molecule has 0 radical (unpaired) electrons. The summed E-state index contributed by atoms with van der Waals surface area (Å²) in [4.78, 5) is 20.4. The average molecular weight is 380 g/mol. The van der Waals surface area contributed by atoms with Crippen molar-refractivity contribution < 1.29 is 18.7 Å². The van der Waals surface area contributed by atoms with Gasteiger partial charge in [0.2, 0.25) is 11.8 Å². The van der Waals surface area contributed by atoms with Crippen molar-refractivity contribution in [2.75, 3.05) is 0 Å². The Labute approximate surface area is 154 Å². The normalized spacial score (nSPS) is 10.7. The van der Waals surface area contributed by atoms with E-state index in [1.165, 1.54) is 48.5 Å². The fourth-order valence-corrected chi connectivity index (χ4v) is 2.30. The van der Waals surface area contributed by atoms with Crippen molar-refractivity contribution in [2.45, 2.75) is 0 Å². The highest BCUT2D eigenvalue weighted by Gasteiger charge is 2.18. The summed E-state index contributed by atoms with van der Waals surface area (Å²) in [5, 5.41) is 36.8. The zero-order valence-corrected chi connectivity index (χ0v) is 13.8. The van der Waals surface area contributed by atoms with Crippen molar-refractivity contribution in [2.24, 2.45) is 0 Å². The van der Waals surface area contributed by atoms with Gasteiger partial charge in [-0.2, -0.15) is 0 Å². The zero-order valence-electron chi connectivity index (χ0n) is 13.8. The third kappa shape index (κ3) is 3.16. The molecule has 12 heteroatoms. The highest BCUT2D eigenvalue weighted by atomic mass is 16.6. The third-order valence-corrected chi connectivity index (χ3v) is 3.68. The van der Waals surface area contributed by atoms with Crippen molar-refractivity contribution in [1.29, 1.82) is 0 Å². The van der Waals surface area contributed by atoms with Gasteiger partial charge >= 0.3 is 11.8 Å². The molecule has 0 spiro atoms. The number of nitro groups is 2. The molecule has 4 rings (SSSR count). The first-order chi connectivity index (χ1) is 13.5.